The van der Waals surface area contributed by atoms with Crippen molar-refractivity contribution in [3.05, 3.63) is 47.6 Å². The Morgan fingerprint density at radius 2 is 2.05 bits per heavy atom. The molecule has 8 nitrogen and oxygen atoms in total. The fraction of sp³-hybridized carbons (Fsp3) is 0.167. The van der Waals surface area contributed by atoms with Crippen LogP contribution < -0.4 is 5.32 Å². The Bertz CT molecular complexity index is 596. The maximum Gasteiger partial charge on any atom is 0.407 e. The van der Waals surface area contributed by atoms with E-state index in [9.17, 15) is 9.59 Å². The predicted octanol–water partition coefficient (Wildman–Crippen LogP) is 1.19. The molecule has 0 unspecified atom stereocenters. The van der Waals surface area contributed by atoms with Crippen LogP contribution in [0.2, 0.25) is 0 Å². The van der Waals surface area contributed by atoms with Crippen molar-refractivity contribution in [3.63, 3.8) is 0 Å². The highest BCUT2D eigenvalue weighted by atomic mass is 16.5. The number of carbonyl (C=O) groups is 2. The summed E-state index contributed by atoms with van der Waals surface area (Å²) in [6, 6.07) is 9.18. The molecule has 0 atom stereocenters. The Kier molecular flexibility index (Phi) is 4.28. The van der Waals surface area contributed by atoms with E-state index < -0.39 is 17.9 Å². The first-order valence-electron chi connectivity index (χ1n) is 5.65. The predicted molar refractivity (Wildman–Crippen MR) is 64.7 cm³/mol. The number of hydrogen-bond donors (Lipinski definition) is 2. The second-order valence-electron chi connectivity index (χ2n) is 3.73. The Labute approximate surface area is 113 Å². The zero-order chi connectivity index (χ0) is 14.4. The molecule has 0 aliphatic carbocycles. The van der Waals surface area contributed by atoms with Crippen LogP contribution in [0.5, 0.6) is 0 Å². The fourth-order valence-corrected chi connectivity index (χ4v) is 1.34. The van der Waals surface area contributed by atoms with Gasteiger partial charge in [-0.3, -0.25) is 0 Å². The summed E-state index contributed by atoms with van der Waals surface area (Å²) in [5.74, 6) is -1.77. The van der Waals surface area contributed by atoms with Crippen LogP contribution in [0.4, 0.5) is 4.79 Å². The topological polar surface area (TPSA) is 115 Å². The van der Waals surface area contributed by atoms with Crippen LogP contribution in [0.3, 0.4) is 0 Å². The van der Waals surface area contributed by atoms with Gasteiger partial charge in [0.1, 0.15) is 13.2 Å². The molecular formula is C12H11N3O5. The van der Waals surface area contributed by atoms with Crippen LogP contribution in [0.25, 0.3) is 0 Å². The molecule has 0 aliphatic rings. The number of carboxylic acids is 1. The number of benzene rings is 1. The molecule has 2 aromatic rings. The zero-order valence-electron chi connectivity index (χ0n) is 10.3. The lowest BCUT2D eigenvalue weighted by molar-refractivity contribution is 0.0680. The highest BCUT2D eigenvalue weighted by molar-refractivity contribution is 5.82. The van der Waals surface area contributed by atoms with Gasteiger partial charge in [-0.15, -0.1) is 0 Å². The molecular weight excluding hydrogens is 266 g/mol. The number of ether oxygens (including phenoxy) is 1. The molecule has 0 radical (unpaired) electrons. The number of alkyl carbamates (subject to hydrolysis) is 1. The van der Waals surface area contributed by atoms with Crippen LogP contribution in [0.1, 0.15) is 22.1 Å². The van der Waals surface area contributed by atoms with E-state index in [2.05, 4.69) is 20.0 Å². The number of hydrogen-bond acceptors (Lipinski definition) is 6. The van der Waals surface area contributed by atoms with Crippen LogP contribution in [0.15, 0.2) is 34.9 Å². The third kappa shape index (κ3) is 3.80. The van der Waals surface area contributed by atoms with Gasteiger partial charge >= 0.3 is 12.1 Å². The summed E-state index contributed by atoms with van der Waals surface area (Å²) in [7, 11) is 0. The van der Waals surface area contributed by atoms with E-state index in [-0.39, 0.29) is 19.0 Å². The van der Waals surface area contributed by atoms with Crippen LogP contribution in [-0.4, -0.2) is 27.3 Å². The molecule has 20 heavy (non-hydrogen) atoms. The van der Waals surface area contributed by atoms with Gasteiger partial charge in [0, 0.05) is 0 Å². The van der Waals surface area contributed by atoms with Gasteiger partial charge in [-0.05, 0) is 10.7 Å². The summed E-state index contributed by atoms with van der Waals surface area (Å²) >= 11 is 0. The Hall–Kier alpha value is -2.90. The lowest BCUT2D eigenvalue weighted by Crippen LogP contribution is -2.23. The number of aromatic carboxylic acids is 1. The molecule has 0 saturated carbocycles. The summed E-state index contributed by atoms with van der Waals surface area (Å²) in [5, 5.41) is 14.2. The summed E-state index contributed by atoms with van der Waals surface area (Å²) in [6.45, 7) is 0.0325. The third-order valence-electron chi connectivity index (χ3n) is 2.26. The number of nitrogens with one attached hydrogen (secondary N) is 1. The molecule has 1 heterocycles. The summed E-state index contributed by atoms with van der Waals surface area (Å²) in [4.78, 5) is 25.5. The minimum atomic E-state index is -1.30. The summed E-state index contributed by atoms with van der Waals surface area (Å²) < 4.78 is 9.57. The molecule has 0 fully saturated rings. The standard InChI is InChI=1S/C12H11N3O5/c16-11(17)10-14-9(20-15-10)6-13-12(18)19-7-8-4-2-1-3-5-8/h1-5H,6-7H2,(H,13,18)(H,16,17). The van der Waals surface area contributed by atoms with Crippen LogP contribution in [0, 0.1) is 0 Å². The number of rotatable bonds is 5. The average Bonchev–Trinajstić information content (AvgIpc) is 2.93. The van der Waals surface area contributed by atoms with Crippen LogP contribution in [-0.2, 0) is 17.9 Å². The smallest absolute Gasteiger partial charge is 0.407 e. The molecule has 0 saturated heterocycles. The number of carboxylic acid groups (broad SMARTS) is 1. The van der Waals surface area contributed by atoms with E-state index in [4.69, 9.17) is 9.84 Å². The molecule has 1 amide bonds. The summed E-state index contributed by atoms with van der Waals surface area (Å²) in [6.07, 6.45) is -0.663. The molecule has 104 valence electrons. The lowest BCUT2D eigenvalue weighted by Gasteiger charge is -2.04. The minimum absolute atomic E-state index is 0.0148. The van der Waals surface area contributed by atoms with Gasteiger partial charge in [0.25, 0.3) is 5.82 Å². The first-order valence-corrected chi connectivity index (χ1v) is 5.65. The molecule has 2 rings (SSSR count). The SMILES string of the molecule is O=C(NCc1nc(C(=O)O)no1)OCc1ccccc1. The maximum absolute atomic E-state index is 11.4. The highest BCUT2D eigenvalue weighted by Gasteiger charge is 2.13. The molecule has 1 aromatic heterocycles. The quantitative estimate of drug-likeness (QED) is 0.843. The number of amides is 1. The van der Waals surface area contributed by atoms with E-state index in [1.165, 1.54) is 0 Å². The van der Waals surface area contributed by atoms with Gasteiger partial charge in [-0.2, -0.15) is 4.98 Å². The van der Waals surface area contributed by atoms with Crippen molar-refractivity contribution in [3.8, 4) is 0 Å². The average molecular weight is 277 g/mol. The number of carbonyl (C=O) groups excluding carboxylic acids is 1. The third-order valence-corrected chi connectivity index (χ3v) is 2.26. The maximum atomic E-state index is 11.4. The molecule has 0 spiro atoms. The Morgan fingerprint density at radius 3 is 2.70 bits per heavy atom. The van der Waals surface area contributed by atoms with Crippen molar-refractivity contribution in [2.24, 2.45) is 0 Å². The second-order valence-corrected chi connectivity index (χ2v) is 3.73. The minimum Gasteiger partial charge on any atom is -0.475 e. The molecule has 8 heteroatoms. The monoisotopic (exact) mass is 277 g/mol. The van der Waals surface area contributed by atoms with Crippen molar-refractivity contribution in [2.75, 3.05) is 0 Å². The van der Waals surface area contributed by atoms with E-state index in [1.54, 1.807) is 0 Å². The van der Waals surface area contributed by atoms with Gasteiger partial charge in [-0.1, -0.05) is 30.3 Å². The van der Waals surface area contributed by atoms with Crippen molar-refractivity contribution < 1.29 is 24.0 Å². The lowest BCUT2D eigenvalue weighted by atomic mass is 10.2. The molecule has 0 aliphatic heterocycles. The van der Waals surface area contributed by atoms with Crippen LogP contribution >= 0.6 is 0 Å². The van der Waals surface area contributed by atoms with E-state index in [0.29, 0.717) is 0 Å². The molecule has 2 N–H and O–H groups in total. The van der Waals surface area contributed by atoms with E-state index in [1.807, 2.05) is 30.3 Å². The van der Waals surface area contributed by atoms with Gasteiger partial charge in [0.05, 0.1) is 0 Å². The first-order chi connectivity index (χ1) is 9.65. The van der Waals surface area contributed by atoms with Gasteiger partial charge in [0.15, 0.2) is 0 Å². The van der Waals surface area contributed by atoms with E-state index in [0.717, 1.165) is 5.56 Å². The van der Waals surface area contributed by atoms with Gasteiger partial charge < -0.3 is 19.7 Å². The number of nitrogens with zero attached hydrogens (tertiary/aromatic N) is 2. The summed E-state index contributed by atoms with van der Waals surface area (Å²) in [5.41, 5.74) is 0.855. The Balaban J connectivity index is 1.76. The molecule has 0 bridgehead atoms. The largest absolute Gasteiger partial charge is 0.475 e. The van der Waals surface area contributed by atoms with Crippen molar-refractivity contribution in [1.29, 1.82) is 0 Å². The fourth-order valence-electron chi connectivity index (χ4n) is 1.34. The zero-order valence-corrected chi connectivity index (χ0v) is 10.3. The normalized spacial score (nSPS) is 10.0. The van der Waals surface area contributed by atoms with Crippen molar-refractivity contribution in [1.82, 2.24) is 15.5 Å². The van der Waals surface area contributed by atoms with Crippen molar-refractivity contribution in [2.45, 2.75) is 13.2 Å². The van der Waals surface area contributed by atoms with Gasteiger partial charge in [0.2, 0.25) is 5.89 Å². The number of aromatic nitrogens is 2. The Morgan fingerprint density at radius 1 is 1.30 bits per heavy atom. The van der Waals surface area contributed by atoms with E-state index >= 15 is 0 Å². The van der Waals surface area contributed by atoms with Gasteiger partial charge in [-0.25, -0.2) is 9.59 Å². The highest BCUT2D eigenvalue weighted by Crippen LogP contribution is 2.01. The van der Waals surface area contributed by atoms with Crippen molar-refractivity contribution >= 4 is 12.1 Å². The second kappa shape index (κ2) is 6.32. The molecule has 1 aromatic carbocycles. The first kappa shape index (κ1) is 13.5.